The summed E-state index contributed by atoms with van der Waals surface area (Å²) < 4.78 is 1.20. The van der Waals surface area contributed by atoms with E-state index in [1.54, 1.807) is 16.7 Å². The maximum absolute atomic E-state index is 2.71. The Kier molecular flexibility index (Phi) is 9.77. The molecule has 218 valence electrons. The molecule has 0 spiro atoms. The zero-order valence-corrected chi connectivity index (χ0v) is 31.3. The predicted molar refractivity (Wildman–Crippen MR) is 186 cm³/mol. The minimum atomic E-state index is -2.18. The smallest absolute Gasteiger partial charge is 0.147 e. The molecule has 0 heterocycles. The van der Waals surface area contributed by atoms with Crippen molar-refractivity contribution in [1.29, 1.82) is 0 Å². The summed E-state index contributed by atoms with van der Waals surface area (Å²) in [6.07, 6.45) is 2.71. The standard InChI is InChI=1S/C21H25.C15H11.C2H6Si.2ClH.Zr/c1-20(2,3)16-9-7-14-11-15-8-10-17(21(4,5)6)13-19(15)18(14)12-16;1-2-6-12(7-3-1)15-11-10-13-8-4-5-9-14(13)15;1-3-2;;;/h7-13H,1-6H3;1-11H;1-2H3;2*1H;. The fourth-order valence-corrected chi connectivity index (χ4v) is 26.1. The van der Waals surface area contributed by atoms with Crippen LogP contribution in [0.15, 0.2) is 97.1 Å². The SMILES string of the molecule is C[Si](C)=[Zr]([CH]1C=C(c2ccccc2)c2ccccc21)[CH]1c2ccc(C(C)(C)C)cc2-c2cc(C(C)(C)C)ccc21.Cl.Cl. The Hall–Kier alpha value is -1.70. The predicted octanol–water partition coefficient (Wildman–Crippen LogP) is 11.3. The fraction of sp³-hybridized carbons (Fsp3) is 0.316. The second kappa shape index (κ2) is 12.4. The van der Waals surface area contributed by atoms with Crippen molar-refractivity contribution in [2.75, 3.05) is 0 Å². The Labute approximate surface area is 274 Å². The third-order valence-corrected chi connectivity index (χ3v) is 28.1. The van der Waals surface area contributed by atoms with E-state index in [0.29, 0.717) is 7.25 Å². The number of hydrogen-bond acceptors (Lipinski definition) is 0. The topological polar surface area (TPSA) is 0 Å². The summed E-state index contributed by atoms with van der Waals surface area (Å²) in [5.74, 6) is 0. The molecule has 0 amide bonds. The van der Waals surface area contributed by atoms with Crippen LogP contribution in [0, 0.1) is 0 Å². The maximum atomic E-state index is 2.71. The Balaban J connectivity index is 0.00000202. The number of hydrogen-bond donors (Lipinski definition) is 0. The van der Waals surface area contributed by atoms with Gasteiger partial charge in [0.1, 0.15) is 0 Å². The second-order valence-corrected chi connectivity index (χ2v) is 32.0. The quantitative estimate of drug-likeness (QED) is 0.188. The van der Waals surface area contributed by atoms with Crippen molar-refractivity contribution in [3.63, 3.8) is 0 Å². The van der Waals surface area contributed by atoms with Gasteiger partial charge in [-0.05, 0) is 0 Å². The van der Waals surface area contributed by atoms with E-state index >= 15 is 0 Å². The zero-order valence-electron chi connectivity index (χ0n) is 26.2. The van der Waals surface area contributed by atoms with Crippen LogP contribution in [-0.4, -0.2) is 5.43 Å². The molecule has 2 aliphatic rings. The van der Waals surface area contributed by atoms with Crippen LogP contribution in [0.3, 0.4) is 0 Å². The molecule has 1 unspecified atom stereocenters. The average Bonchev–Trinajstić information content (AvgIpc) is 3.44. The first-order valence-corrected chi connectivity index (χ1v) is 23.8. The van der Waals surface area contributed by atoms with E-state index in [1.807, 2.05) is 0 Å². The van der Waals surface area contributed by atoms with Gasteiger partial charge in [0.15, 0.2) is 0 Å². The first-order chi connectivity index (χ1) is 18.9. The molecule has 2 aliphatic carbocycles. The van der Waals surface area contributed by atoms with Crippen LogP contribution < -0.4 is 0 Å². The van der Waals surface area contributed by atoms with Gasteiger partial charge in [-0.1, -0.05) is 0 Å². The van der Waals surface area contributed by atoms with Gasteiger partial charge in [-0.2, -0.15) is 0 Å². The molecule has 0 saturated carbocycles. The summed E-state index contributed by atoms with van der Waals surface area (Å²) in [6.45, 7) is 19.3. The number of fused-ring (bicyclic) bond motifs is 4. The first kappa shape index (κ1) is 33.2. The van der Waals surface area contributed by atoms with Crippen molar-refractivity contribution >= 4 is 35.8 Å². The summed E-state index contributed by atoms with van der Waals surface area (Å²) >= 11 is -2.18. The second-order valence-electron chi connectivity index (χ2n) is 14.0. The molecular formula is C38H44Cl2SiZr. The summed E-state index contributed by atoms with van der Waals surface area (Å²) in [5, 5.41) is 0. The Morgan fingerprint density at radius 1 is 0.571 bits per heavy atom. The minimum Gasteiger partial charge on any atom is -0.147 e. The van der Waals surface area contributed by atoms with Crippen LogP contribution in [0.4, 0.5) is 0 Å². The largest absolute Gasteiger partial charge is 0.147 e. The minimum absolute atomic E-state index is 0. The van der Waals surface area contributed by atoms with Gasteiger partial charge in [0.25, 0.3) is 0 Å². The van der Waals surface area contributed by atoms with Gasteiger partial charge < -0.3 is 0 Å². The average molecular weight is 691 g/mol. The van der Waals surface area contributed by atoms with E-state index in [2.05, 4.69) is 152 Å². The maximum Gasteiger partial charge on any atom is -0.147 e. The van der Waals surface area contributed by atoms with Gasteiger partial charge in [-0.15, -0.1) is 24.8 Å². The Bertz CT molecular complexity index is 1620. The van der Waals surface area contributed by atoms with Crippen LogP contribution in [0.1, 0.15) is 87.7 Å². The third kappa shape index (κ3) is 5.87. The van der Waals surface area contributed by atoms with E-state index in [-0.39, 0.29) is 35.6 Å². The molecule has 0 bridgehead atoms. The number of rotatable bonds is 3. The van der Waals surface area contributed by atoms with Crippen LogP contribution >= 0.6 is 24.8 Å². The molecule has 42 heavy (non-hydrogen) atoms. The summed E-state index contributed by atoms with van der Waals surface area (Å²) in [6, 6.07) is 35.4. The van der Waals surface area contributed by atoms with Crippen molar-refractivity contribution in [3.8, 4) is 11.1 Å². The Morgan fingerprint density at radius 2 is 1.07 bits per heavy atom. The van der Waals surface area contributed by atoms with Gasteiger partial charge in [0.05, 0.1) is 0 Å². The summed E-state index contributed by atoms with van der Waals surface area (Å²) in [4.78, 5) is 0. The van der Waals surface area contributed by atoms with Crippen LogP contribution in [-0.2, 0) is 31.2 Å². The fourth-order valence-electron chi connectivity index (χ4n) is 6.78. The summed E-state index contributed by atoms with van der Waals surface area (Å²) in [7, 11) is 0. The van der Waals surface area contributed by atoms with E-state index < -0.39 is 25.8 Å². The van der Waals surface area contributed by atoms with Crippen LogP contribution in [0.5, 0.6) is 0 Å². The molecule has 1 atom stereocenters. The van der Waals surface area contributed by atoms with Gasteiger partial charge in [0.2, 0.25) is 0 Å². The van der Waals surface area contributed by atoms with E-state index in [4.69, 9.17) is 0 Å². The van der Waals surface area contributed by atoms with E-state index in [0.717, 1.165) is 0 Å². The van der Waals surface area contributed by atoms with Crippen molar-refractivity contribution in [1.82, 2.24) is 0 Å². The number of allylic oxidation sites excluding steroid dienone is 1. The van der Waals surface area contributed by atoms with Crippen molar-refractivity contribution in [3.05, 3.63) is 136 Å². The molecule has 0 aliphatic heterocycles. The first-order valence-electron chi connectivity index (χ1n) is 14.8. The van der Waals surface area contributed by atoms with Crippen molar-refractivity contribution < 1.29 is 20.4 Å². The van der Waals surface area contributed by atoms with Crippen molar-refractivity contribution in [2.24, 2.45) is 0 Å². The molecule has 0 aromatic heterocycles. The zero-order chi connectivity index (χ0) is 28.4. The number of benzene rings is 4. The van der Waals surface area contributed by atoms with Gasteiger partial charge in [-0.25, -0.2) is 0 Å². The molecule has 0 saturated heterocycles. The van der Waals surface area contributed by atoms with E-state index in [9.17, 15) is 0 Å². The monoisotopic (exact) mass is 688 g/mol. The number of halogens is 2. The molecule has 0 N–H and O–H groups in total. The summed E-state index contributed by atoms with van der Waals surface area (Å²) in [5.41, 5.74) is 14.8. The van der Waals surface area contributed by atoms with E-state index in [1.165, 1.54) is 39.0 Å². The van der Waals surface area contributed by atoms with Gasteiger partial charge in [0, 0.05) is 0 Å². The molecule has 4 aromatic carbocycles. The van der Waals surface area contributed by atoms with Crippen LogP contribution in [0.2, 0.25) is 13.1 Å². The molecular weight excluding hydrogens is 647 g/mol. The van der Waals surface area contributed by atoms with Gasteiger partial charge >= 0.3 is 251 Å². The molecule has 0 fully saturated rings. The molecule has 0 nitrogen and oxygen atoms in total. The Morgan fingerprint density at radius 3 is 1.57 bits per heavy atom. The molecule has 6 rings (SSSR count). The van der Waals surface area contributed by atoms with Crippen LogP contribution in [0.25, 0.3) is 16.7 Å². The normalized spacial score (nSPS) is 15.5. The van der Waals surface area contributed by atoms with Crippen molar-refractivity contribution in [2.45, 2.75) is 72.7 Å². The molecule has 4 aromatic rings. The third-order valence-electron chi connectivity index (χ3n) is 8.98. The van der Waals surface area contributed by atoms with Gasteiger partial charge in [-0.3, -0.25) is 0 Å². The molecule has 4 heteroatoms. The molecule has 0 radical (unpaired) electrons.